The summed E-state index contributed by atoms with van der Waals surface area (Å²) in [6, 6.07) is 1.67. The van der Waals surface area contributed by atoms with Gasteiger partial charge in [0, 0.05) is 18.4 Å². The van der Waals surface area contributed by atoms with Gasteiger partial charge in [0.15, 0.2) is 0 Å². The van der Waals surface area contributed by atoms with E-state index in [0.29, 0.717) is 18.4 Å². The predicted molar refractivity (Wildman–Crippen MR) is 71.4 cm³/mol. The highest BCUT2D eigenvalue weighted by Crippen LogP contribution is 2.20. The van der Waals surface area contributed by atoms with Crippen LogP contribution in [-0.4, -0.2) is 29.2 Å². The quantitative estimate of drug-likeness (QED) is 0.589. The summed E-state index contributed by atoms with van der Waals surface area (Å²) in [5.74, 6) is -2.12. The van der Waals surface area contributed by atoms with E-state index < -0.39 is 17.5 Å². The van der Waals surface area contributed by atoms with E-state index in [1.54, 1.807) is 0 Å². The molecule has 0 saturated carbocycles. The van der Waals surface area contributed by atoms with Crippen molar-refractivity contribution in [2.45, 2.75) is 13.3 Å². The molecular formula is C12H13BrClF2NO. The number of carbonyl (C=O) groups excluding carboxylic acids is 1. The van der Waals surface area contributed by atoms with Crippen LogP contribution in [-0.2, 0) is 0 Å². The SMILES string of the molecule is CCCN(CCBr)C(=O)c1cc(F)c(Cl)cc1F. The zero-order valence-corrected chi connectivity index (χ0v) is 12.2. The molecule has 0 heterocycles. The monoisotopic (exact) mass is 339 g/mol. The molecule has 0 aliphatic rings. The second-order valence-electron chi connectivity index (χ2n) is 3.73. The first-order valence-electron chi connectivity index (χ1n) is 5.51. The summed E-state index contributed by atoms with van der Waals surface area (Å²) in [5.41, 5.74) is -0.286. The Bertz CT molecular complexity index is 436. The van der Waals surface area contributed by atoms with Gasteiger partial charge in [-0.25, -0.2) is 8.78 Å². The van der Waals surface area contributed by atoms with Gasteiger partial charge in [-0.2, -0.15) is 0 Å². The maximum Gasteiger partial charge on any atom is 0.256 e. The van der Waals surface area contributed by atoms with E-state index in [1.165, 1.54) is 4.90 Å². The van der Waals surface area contributed by atoms with Crippen LogP contribution in [0.2, 0.25) is 5.02 Å². The predicted octanol–water partition coefficient (Wildman–Crippen LogP) is 3.87. The molecule has 0 aliphatic heterocycles. The second-order valence-corrected chi connectivity index (χ2v) is 4.93. The van der Waals surface area contributed by atoms with Crippen LogP contribution in [0, 0.1) is 11.6 Å². The van der Waals surface area contributed by atoms with Crippen LogP contribution >= 0.6 is 27.5 Å². The van der Waals surface area contributed by atoms with Gasteiger partial charge in [0.1, 0.15) is 11.6 Å². The average Bonchev–Trinajstić information content (AvgIpc) is 2.33. The first-order valence-corrected chi connectivity index (χ1v) is 7.01. The number of benzene rings is 1. The first kappa shape index (κ1) is 15.4. The van der Waals surface area contributed by atoms with Crippen LogP contribution in [0.1, 0.15) is 23.7 Å². The van der Waals surface area contributed by atoms with Crippen LogP contribution in [0.5, 0.6) is 0 Å². The lowest BCUT2D eigenvalue weighted by Crippen LogP contribution is -2.34. The number of alkyl halides is 1. The summed E-state index contributed by atoms with van der Waals surface area (Å²) in [6.45, 7) is 2.85. The normalized spacial score (nSPS) is 10.5. The number of amides is 1. The highest BCUT2D eigenvalue weighted by molar-refractivity contribution is 9.09. The summed E-state index contributed by atoms with van der Waals surface area (Å²) in [6.07, 6.45) is 0.746. The fraction of sp³-hybridized carbons (Fsp3) is 0.417. The topological polar surface area (TPSA) is 20.3 Å². The summed E-state index contributed by atoms with van der Waals surface area (Å²) in [5, 5.41) is 0.253. The smallest absolute Gasteiger partial charge is 0.256 e. The zero-order chi connectivity index (χ0) is 13.7. The van der Waals surface area contributed by atoms with E-state index in [9.17, 15) is 13.6 Å². The van der Waals surface area contributed by atoms with Gasteiger partial charge in [0.2, 0.25) is 0 Å². The van der Waals surface area contributed by atoms with Crippen molar-refractivity contribution in [1.82, 2.24) is 4.90 Å². The van der Waals surface area contributed by atoms with Crippen LogP contribution in [0.4, 0.5) is 8.78 Å². The molecule has 1 amide bonds. The highest BCUT2D eigenvalue weighted by atomic mass is 79.9. The van der Waals surface area contributed by atoms with Crippen LogP contribution in [0.15, 0.2) is 12.1 Å². The van der Waals surface area contributed by atoms with Crippen LogP contribution in [0.25, 0.3) is 0 Å². The highest BCUT2D eigenvalue weighted by Gasteiger charge is 2.20. The van der Waals surface area contributed by atoms with E-state index in [4.69, 9.17) is 11.6 Å². The molecule has 0 bridgehead atoms. The molecular weight excluding hydrogens is 327 g/mol. The van der Waals surface area contributed by atoms with E-state index in [-0.39, 0.29) is 10.6 Å². The minimum Gasteiger partial charge on any atom is -0.338 e. The largest absolute Gasteiger partial charge is 0.338 e. The Kier molecular flexibility index (Phi) is 6.02. The molecule has 2 nitrogen and oxygen atoms in total. The molecule has 0 spiro atoms. The van der Waals surface area contributed by atoms with Crippen molar-refractivity contribution in [2.24, 2.45) is 0 Å². The molecule has 0 radical (unpaired) electrons. The van der Waals surface area contributed by atoms with Gasteiger partial charge in [-0.3, -0.25) is 4.79 Å². The number of nitrogens with zero attached hydrogens (tertiary/aromatic N) is 1. The number of rotatable bonds is 5. The number of hydrogen-bond acceptors (Lipinski definition) is 1. The van der Waals surface area contributed by atoms with E-state index in [1.807, 2.05) is 6.92 Å². The number of hydrogen-bond donors (Lipinski definition) is 0. The van der Waals surface area contributed by atoms with Crippen molar-refractivity contribution in [1.29, 1.82) is 0 Å². The molecule has 0 aromatic heterocycles. The molecule has 0 fully saturated rings. The molecule has 1 aromatic rings. The lowest BCUT2D eigenvalue weighted by Gasteiger charge is -2.21. The van der Waals surface area contributed by atoms with Crippen molar-refractivity contribution in [3.05, 3.63) is 34.4 Å². The van der Waals surface area contributed by atoms with Crippen molar-refractivity contribution < 1.29 is 13.6 Å². The molecule has 0 aliphatic carbocycles. The van der Waals surface area contributed by atoms with E-state index in [0.717, 1.165) is 18.6 Å². The Morgan fingerprint density at radius 3 is 2.56 bits per heavy atom. The molecule has 18 heavy (non-hydrogen) atoms. The molecule has 0 N–H and O–H groups in total. The van der Waals surface area contributed by atoms with Crippen molar-refractivity contribution in [2.75, 3.05) is 18.4 Å². The zero-order valence-electron chi connectivity index (χ0n) is 9.85. The molecule has 0 unspecified atom stereocenters. The fourth-order valence-electron chi connectivity index (χ4n) is 1.54. The molecule has 1 aromatic carbocycles. The molecule has 0 saturated heterocycles. The van der Waals surface area contributed by atoms with Crippen molar-refractivity contribution >= 4 is 33.4 Å². The van der Waals surface area contributed by atoms with Gasteiger partial charge in [-0.05, 0) is 18.6 Å². The lowest BCUT2D eigenvalue weighted by atomic mass is 10.1. The second kappa shape index (κ2) is 7.04. The van der Waals surface area contributed by atoms with Crippen molar-refractivity contribution in [3.8, 4) is 0 Å². The van der Waals surface area contributed by atoms with Crippen molar-refractivity contribution in [3.63, 3.8) is 0 Å². The third-order valence-corrected chi connectivity index (χ3v) is 3.02. The molecule has 1 rings (SSSR count). The summed E-state index contributed by atoms with van der Waals surface area (Å²) < 4.78 is 26.9. The standard InChI is InChI=1S/C12H13BrClF2NO/c1-2-4-17(5-3-13)12(18)8-6-11(16)9(14)7-10(8)15/h6-7H,2-5H2,1H3. The Morgan fingerprint density at radius 2 is 2.00 bits per heavy atom. The minimum atomic E-state index is -0.804. The van der Waals surface area contributed by atoms with Crippen LogP contribution in [0.3, 0.4) is 0 Å². The number of halogens is 4. The number of carbonyl (C=O) groups is 1. The Balaban J connectivity index is 3.04. The summed E-state index contributed by atoms with van der Waals surface area (Å²) in [4.78, 5) is 13.5. The molecule has 100 valence electrons. The van der Waals surface area contributed by atoms with E-state index >= 15 is 0 Å². The third-order valence-electron chi connectivity index (χ3n) is 2.38. The van der Waals surface area contributed by atoms with Gasteiger partial charge >= 0.3 is 0 Å². The first-order chi connectivity index (χ1) is 8.51. The van der Waals surface area contributed by atoms with Gasteiger partial charge < -0.3 is 4.90 Å². The summed E-state index contributed by atoms with van der Waals surface area (Å²) in [7, 11) is 0. The maximum absolute atomic E-state index is 13.6. The fourth-order valence-corrected chi connectivity index (χ4v) is 2.12. The maximum atomic E-state index is 13.6. The summed E-state index contributed by atoms with van der Waals surface area (Å²) >= 11 is 8.67. The van der Waals surface area contributed by atoms with E-state index in [2.05, 4.69) is 15.9 Å². The van der Waals surface area contributed by atoms with Gasteiger partial charge in [-0.1, -0.05) is 34.5 Å². The lowest BCUT2D eigenvalue weighted by molar-refractivity contribution is 0.0761. The van der Waals surface area contributed by atoms with Gasteiger partial charge in [0.25, 0.3) is 5.91 Å². The minimum absolute atomic E-state index is 0.286. The van der Waals surface area contributed by atoms with Gasteiger partial charge in [0.05, 0.1) is 10.6 Å². The Hall–Kier alpha value is -0.680. The molecule has 6 heteroatoms. The third kappa shape index (κ3) is 3.65. The van der Waals surface area contributed by atoms with Crippen LogP contribution < -0.4 is 0 Å². The molecule has 0 atom stereocenters. The van der Waals surface area contributed by atoms with Gasteiger partial charge in [-0.15, -0.1) is 0 Å². The average molecular weight is 341 g/mol. The Labute approximate surface area is 118 Å². The Morgan fingerprint density at radius 1 is 1.33 bits per heavy atom.